The van der Waals surface area contributed by atoms with E-state index >= 15 is 0 Å². The van der Waals surface area contributed by atoms with E-state index in [1.807, 2.05) is 12.2 Å². The second-order valence-corrected chi connectivity index (χ2v) is 6.75. The number of aliphatic carboxylic acids is 1. The summed E-state index contributed by atoms with van der Waals surface area (Å²) in [6.45, 7) is 0. The number of aromatic nitrogens is 2. The Hall–Kier alpha value is -1.70. The zero-order chi connectivity index (χ0) is 14.0. The number of allylic oxidation sites excluding steroid dienone is 2. The lowest BCUT2D eigenvalue weighted by Crippen LogP contribution is -2.23. The molecule has 1 aromatic heterocycles. The molecule has 1 N–H and O–H groups in total. The van der Waals surface area contributed by atoms with Crippen LogP contribution in [-0.4, -0.2) is 35.9 Å². The van der Waals surface area contributed by atoms with Gasteiger partial charge in [-0.2, -0.15) is 4.98 Å². The molecule has 0 bridgehead atoms. The fourth-order valence-corrected chi connectivity index (χ4v) is 2.66. The maximum atomic E-state index is 11.2. The van der Waals surface area contributed by atoms with E-state index in [9.17, 15) is 13.2 Å². The van der Waals surface area contributed by atoms with Crippen molar-refractivity contribution >= 4 is 15.8 Å². The smallest absolute Gasteiger partial charge is 0.307 e. The minimum atomic E-state index is -3.24. The minimum Gasteiger partial charge on any atom is -0.481 e. The monoisotopic (exact) mass is 286 g/mol. The number of sulfone groups is 1. The highest BCUT2D eigenvalue weighted by atomic mass is 32.2. The molecule has 0 saturated heterocycles. The molecule has 2 atom stereocenters. The molecule has 0 radical (unpaired) electrons. The fourth-order valence-electron chi connectivity index (χ4n) is 2.07. The van der Waals surface area contributed by atoms with Crippen LogP contribution in [0.25, 0.3) is 0 Å². The summed E-state index contributed by atoms with van der Waals surface area (Å²) in [4.78, 5) is 15.2. The predicted molar refractivity (Wildman–Crippen MR) is 65.1 cm³/mol. The molecule has 0 spiro atoms. The van der Waals surface area contributed by atoms with Crippen molar-refractivity contribution < 1.29 is 22.8 Å². The van der Waals surface area contributed by atoms with Gasteiger partial charge in [0.05, 0.1) is 11.8 Å². The van der Waals surface area contributed by atoms with E-state index in [0.717, 1.165) is 6.26 Å². The van der Waals surface area contributed by atoms with Crippen LogP contribution in [0.1, 0.15) is 30.5 Å². The third kappa shape index (κ3) is 3.40. The van der Waals surface area contributed by atoms with Gasteiger partial charge in [-0.3, -0.25) is 4.79 Å². The second-order valence-electron chi connectivity index (χ2n) is 4.61. The molecule has 104 valence electrons. The summed E-state index contributed by atoms with van der Waals surface area (Å²) < 4.78 is 27.3. The quantitative estimate of drug-likeness (QED) is 0.813. The van der Waals surface area contributed by atoms with Crippen molar-refractivity contribution in [1.82, 2.24) is 10.1 Å². The summed E-state index contributed by atoms with van der Waals surface area (Å²) >= 11 is 0. The molecule has 1 aliphatic carbocycles. The molecule has 0 aliphatic heterocycles. The lowest BCUT2D eigenvalue weighted by molar-refractivity contribution is -0.142. The van der Waals surface area contributed by atoms with Crippen LogP contribution in [0.2, 0.25) is 0 Å². The number of carbonyl (C=O) groups is 1. The molecule has 0 unspecified atom stereocenters. The Morgan fingerprint density at radius 2 is 2.16 bits per heavy atom. The van der Waals surface area contributed by atoms with Gasteiger partial charge in [0.25, 0.3) is 0 Å². The molecule has 8 heteroatoms. The summed E-state index contributed by atoms with van der Waals surface area (Å²) in [5.41, 5.74) is 0. The summed E-state index contributed by atoms with van der Waals surface area (Å²) in [7, 11) is -3.24. The lowest BCUT2D eigenvalue weighted by Gasteiger charge is -2.21. The molecule has 7 nitrogen and oxygen atoms in total. The standard InChI is InChI=1S/C11H14N2O5S/c1-19(16,17)6-9-12-10(18-13-9)7-4-2-3-5-8(7)11(14)15/h2-3,7-8H,4-6H2,1H3,(H,14,15)/t7-,8+/m1/s1. The van der Waals surface area contributed by atoms with Crippen molar-refractivity contribution in [3.8, 4) is 0 Å². The van der Waals surface area contributed by atoms with E-state index < -0.39 is 27.6 Å². The number of carboxylic acids is 1. The van der Waals surface area contributed by atoms with Crippen LogP contribution < -0.4 is 0 Å². The first kappa shape index (κ1) is 13.7. The van der Waals surface area contributed by atoms with Gasteiger partial charge in [-0.15, -0.1) is 0 Å². The molecule has 1 heterocycles. The first-order valence-electron chi connectivity index (χ1n) is 5.75. The Morgan fingerprint density at radius 3 is 2.79 bits per heavy atom. The first-order valence-corrected chi connectivity index (χ1v) is 7.81. The van der Waals surface area contributed by atoms with Gasteiger partial charge in [0.15, 0.2) is 15.7 Å². The molecule has 0 saturated carbocycles. The molecule has 0 aromatic carbocycles. The average molecular weight is 286 g/mol. The Kier molecular flexibility index (Phi) is 3.70. The molecular formula is C11H14N2O5S. The number of nitrogens with zero attached hydrogens (tertiary/aromatic N) is 2. The summed E-state index contributed by atoms with van der Waals surface area (Å²) in [5.74, 6) is -1.99. The molecule has 19 heavy (non-hydrogen) atoms. The van der Waals surface area contributed by atoms with E-state index in [2.05, 4.69) is 10.1 Å². The third-order valence-electron chi connectivity index (χ3n) is 2.94. The van der Waals surface area contributed by atoms with Crippen molar-refractivity contribution in [3.05, 3.63) is 23.9 Å². The molecule has 0 amide bonds. The zero-order valence-corrected chi connectivity index (χ0v) is 11.1. The van der Waals surface area contributed by atoms with Crippen molar-refractivity contribution in [2.45, 2.75) is 24.5 Å². The van der Waals surface area contributed by atoms with Crippen LogP contribution in [0.5, 0.6) is 0 Å². The van der Waals surface area contributed by atoms with E-state index in [4.69, 9.17) is 9.63 Å². The Bertz CT molecular complexity index is 604. The highest BCUT2D eigenvalue weighted by Gasteiger charge is 2.34. The van der Waals surface area contributed by atoms with Crippen molar-refractivity contribution in [2.75, 3.05) is 6.26 Å². The van der Waals surface area contributed by atoms with Gasteiger partial charge in [0.1, 0.15) is 5.75 Å². The highest BCUT2D eigenvalue weighted by Crippen LogP contribution is 2.33. The maximum absolute atomic E-state index is 11.2. The average Bonchev–Trinajstić information content (AvgIpc) is 2.75. The molecule has 2 rings (SSSR count). The van der Waals surface area contributed by atoms with Gasteiger partial charge in [0.2, 0.25) is 5.89 Å². The topological polar surface area (TPSA) is 110 Å². The Balaban J connectivity index is 2.21. The fraction of sp³-hybridized carbons (Fsp3) is 0.545. The summed E-state index contributed by atoms with van der Waals surface area (Å²) in [6, 6.07) is 0. The predicted octanol–water partition coefficient (Wildman–Crippen LogP) is 0.749. The van der Waals surface area contributed by atoms with Crippen LogP contribution >= 0.6 is 0 Å². The van der Waals surface area contributed by atoms with E-state index in [-0.39, 0.29) is 17.5 Å². The van der Waals surface area contributed by atoms with Crippen LogP contribution in [-0.2, 0) is 20.4 Å². The first-order chi connectivity index (χ1) is 8.87. The van der Waals surface area contributed by atoms with Crippen molar-refractivity contribution in [1.29, 1.82) is 0 Å². The number of hydrogen-bond acceptors (Lipinski definition) is 6. The van der Waals surface area contributed by atoms with Crippen LogP contribution in [0, 0.1) is 5.92 Å². The Labute approximate surface area is 110 Å². The Morgan fingerprint density at radius 1 is 1.47 bits per heavy atom. The third-order valence-corrected chi connectivity index (χ3v) is 3.72. The largest absolute Gasteiger partial charge is 0.481 e. The van der Waals surface area contributed by atoms with Gasteiger partial charge in [0, 0.05) is 6.26 Å². The van der Waals surface area contributed by atoms with Crippen molar-refractivity contribution in [3.63, 3.8) is 0 Å². The second kappa shape index (κ2) is 5.12. The van der Waals surface area contributed by atoms with Gasteiger partial charge in [-0.25, -0.2) is 8.42 Å². The summed E-state index contributed by atoms with van der Waals surface area (Å²) in [5, 5.41) is 12.7. The van der Waals surface area contributed by atoms with Gasteiger partial charge in [-0.05, 0) is 12.8 Å². The summed E-state index contributed by atoms with van der Waals surface area (Å²) in [6.07, 6.45) is 5.65. The maximum Gasteiger partial charge on any atom is 0.307 e. The normalized spacial score (nSPS) is 23.4. The van der Waals surface area contributed by atoms with Crippen LogP contribution in [0.15, 0.2) is 16.7 Å². The van der Waals surface area contributed by atoms with Gasteiger partial charge < -0.3 is 9.63 Å². The molecule has 0 fully saturated rings. The molecular weight excluding hydrogens is 272 g/mol. The number of rotatable bonds is 4. The van der Waals surface area contributed by atoms with Crippen LogP contribution in [0.4, 0.5) is 0 Å². The van der Waals surface area contributed by atoms with Crippen LogP contribution in [0.3, 0.4) is 0 Å². The van der Waals surface area contributed by atoms with Crippen molar-refractivity contribution in [2.24, 2.45) is 5.92 Å². The van der Waals surface area contributed by atoms with Gasteiger partial charge in [-0.1, -0.05) is 17.3 Å². The van der Waals surface area contributed by atoms with E-state index in [1.54, 1.807) is 0 Å². The SMILES string of the molecule is CS(=O)(=O)Cc1noc([C@@H]2CC=CC[C@@H]2C(=O)O)n1. The van der Waals surface area contributed by atoms with E-state index in [0.29, 0.717) is 12.8 Å². The zero-order valence-electron chi connectivity index (χ0n) is 10.3. The molecule has 1 aromatic rings. The molecule has 1 aliphatic rings. The number of hydrogen-bond donors (Lipinski definition) is 1. The number of carboxylic acid groups (broad SMARTS) is 1. The van der Waals surface area contributed by atoms with Gasteiger partial charge >= 0.3 is 5.97 Å². The highest BCUT2D eigenvalue weighted by molar-refractivity contribution is 7.89. The lowest BCUT2D eigenvalue weighted by atomic mass is 9.83. The minimum absolute atomic E-state index is 0.0659. The van der Waals surface area contributed by atoms with E-state index in [1.165, 1.54) is 0 Å².